The van der Waals surface area contributed by atoms with E-state index in [2.05, 4.69) is 86.8 Å². The Morgan fingerprint density at radius 1 is 0.611 bits per heavy atom. The van der Waals surface area contributed by atoms with Crippen LogP contribution in [-0.4, -0.2) is 60.5 Å². The summed E-state index contributed by atoms with van der Waals surface area (Å²) >= 11 is 0. The van der Waals surface area contributed by atoms with Crippen LogP contribution in [0.25, 0.3) is 0 Å². The number of carboxylic acid groups (broad SMARTS) is 1. The van der Waals surface area contributed by atoms with Crippen molar-refractivity contribution in [2.24, 2.45) is 5.73 Å². The molecule has 0 saturated heterocycles. The molecule has 0 bridgehead atoms. The van der Waals surface area contributed by atoms with Crippen LogP contribution in [0.5, 0.6) is 0 Å². The fourth-order valence-corrected chi connectivity index (χ4v) is 5.82. The van der Waals surface area contributed by atoms with Gasteiger partial charge < -0.3 is 25.2 Å². The van der Waals surface area contributed by atoms with Gasteiger partial charge in [-0.05, 0) is 77.0 Å². The van der Waals surface area contributed by atoms with Crippen molar-refractivity contribution in [2.75, 3.05) is 26.4 Å². The predicted molar refractivity (Wildman–Crippen MR) is 221 cm³/mol. The van der Waals surface area contributed by atoms with Crippen molar-refractivity contribution in [3.63, 3.8) is 0 Å². The highest BCUT2D eigenvalue weighted by atomic mass is 31.2. The molecule has 0 rings (SSSR count). The Bertz CT molecular complexity index is 1130. The van der Waals surface area contributed by atoms with Crippen molar-refractivity contribution in [2.45, 2.75) is 161 Å². The number of esters is 1. The molecule has 0 radical (unpaired) electrons. The van der Waals surface area contributed by atoms with E-state index in [4.69, 9.17) is 29.4 Å². The Hall–Kier alpha value is -2.59. The van der Waals surface area contributed by atoms with Gasteiger partial charge in [-0.25, -0.2) is 4.57 Å². The van der Waals surface area contributed by atoms with Gasteiger partial charge in [-0.3, -0.25) is 18.6 Å². The summed E-state index contributed by atoms with van der Waals surface area (Å²) in [5.74, 6) is -1.80. The molecule has 0 aromatic heterocycles. The lowest BCUT2D eigenvalue weighted by molar-refractivity contribution is -0.154. The fraction of sp³-hybridized carbons (Fsp3) is 0.674. The quantitative estimate of drug-likeness (QED) is 0.0239. The average Bonchev–Trinajstić information content (AvgIpc) is 3.15. The van der Waals surface area contributed by atoms with Gasteiger partial charge in [0.25, 0.3) is 0 Å². The molecule has 0 aliphatic carbocycles. The number of carbonyl (C=O) groups is 2. The normalized spacial score (nSPS) is 14.7. The molecule has 54 heavy (non-hydrogen) atoms. The molecule has 0 aliphatic heterocycles. The van der Waals surface area contributed by atoms with Crippen molar-refractivity contribution in [3.05, 3.63) is 72.9 Å². The molecule has 310 valence electrons. The van der Waals surface area contributed by atoms with E-state index in [1.54, 1.807) is 0 Å². The fourth-order valence-electron chi connectivity index (χ4n) is 5.04. The van der Waals surface area contributed by atoms with Crippen LogP contribution in [0.15, 0.2) is 72.9 Å². The largest absolute Gasteiger partial charge is 0.480 e. The molecule has 0 aromatic rings. The Labute approximate surface area is 327 Å². The van der Waals surface area contributed by atoms with Crippen molar-refractivity contribution in [1.82, 2.24) is 0 Å². The highest BCUT2D eigenvalue weighted by Gasteiger charge is 2.27. The number of carbonyl (C=O) groups excluding carboxylic acids is 1. The minimum absolute atomic E-state index is 0.000817. The van der Waals surface area contributed by atoms with E-state index in [0.717, 1.165) is 109 Å². The van der Waals surface area contributed by atoms with Gasteiger partial charge >= 0.3 is 19.8 Å². The zero-order chi connectivity index (χ0) is 39.8. The van der Waals surface area contributed by atoms with Gasteiger partial charge in [0.05, 0.1) is 19.8 Å². The molecule has 10 nitrogen and oxygen atoms in total. The summed E-state index contributed by atoms with van der Waals surface area (Å²) in [4.78, 5) is 33.4. The number of ether oxygens (including phenoxy) is 2. The molecule has 11 heteroatoms. The third-order valence-corrected chi connectivity index (χ3v) is 9.15. The van der Waals surface area contributed by atoms with Crippen LogP contribution in [0.4, 0.5) is 0 Å². The molecule has 3 unspecified atom stereocenters. The van der Waals surface area contributed by atoms with E-state index >= 15 is 0 Å². The Balaban J connectivity index is 4.24. The van der Waals surface area contributed by atoms with Crippen LogP contribution in [0.2, 0.25) is 0 Å². The van der Waals surface area contributed by atoms with Crippen molar-refractivity contribution in [1.29, 1.82) is 0 Å². The molecular weight excluding hydrogens is 705 g/mol. The predicted octanol–water partition coefficient (Wildman–Crippen LogP) is 11.0. The third kappa shape index (κ3) is 37.7. The van der Waals surface area contributed by atoms with E-state index in [0.29, 0.717) is 13.0 Å². The molecular formula is C43H74NO9P. The molecule has 0 heterocycles. The molecule has 4 N–H and O–H groups in total. The summed E-state index contributed by atoms with van der Waals surface area (Å²) < 4.78 is 33.2. The van der Waals surface area contributed by atoms with Crippen LogP contribution in [0.1, 0.15) is 149 Å². The minimum Gasteiger partial charge on any atom is -0.480 e. The van der Waals surface area contributed by atoms with Crippen LogP contribution in [0, 0.1) is 0 Å². The molecule has 0 fully saturated rings. The number of rotatable bonds is 38. The van der Waals surface area contributed by atoms with Crippen LogP contribution >= 0.6 is 7.82 Å². The topological polar surface area (TPSA) is 155 Å². The zero-order valence-corrected chi connectivity index (χ0v) is 34.4. The van der Waals surface area contributed by atoms with Gasteiger partial charge in [0.15, 0.2) is 0 Å². The second-order valence-corrected chi connectivity index (χ2v) is 14.8. The molecule has 3 atom stereocenters. The number of phosphoric ester groups is 1. The number of phosphoric acid groups is 1. The zero-order valence-electron chi connectivity index (χ0n) is 33.5. The highest BCUT2D eigenvalue weighted by molar-refractivity contribution is 7.47. The molecule has 0 saturated carbocycles. The van der Waals surface area contributed by atoms with Crippen LogP contribution in [-0.2, 0) is 32.7 Å². The lowest BCUT2D eigenvalue weighted by Gasteiger charge is -2.20. The lowest BCUT2D eigenvalue weighted by atomic mass is 10.1. The van der Waals surface area contributed by atoms with E-state index in [9.17, 15) is 19.0 Å². The minimum atomic E-state index is -4.62. The summed E-state index contributed by atoms with van der Waals surface area (Å²) in [5.41, 5.74) is 5.34. The van der Waals surface area contributed by atoms with E-state index in [-0.39, 0.29) is 13.0 Å². The van der Waals surface area contributed by atoms with Gasteiger partial charge in [-0.1, -0.05) is 138 Å². The molecule has 0 amide bonds. The maximum absolute atomic E-state index is 12.5. The van der Waals surface area contributed by atoms with E-state index in [1.165, 1.54) is 12.8 Å². The second kappa shape index (κ2) is 38.7. The van der Waals surface area contributed by atoms with E-state index in [1.807, 2.05) is 0 Å². The SMILES string of the molecule is CC/C=C\C/C=C\C/C=C\C/C=C\C/C=C\CCCCCCCCOCC(COP(=O)(O)OCC(N)C(=O)O)OC(=O)CCCCCCC/C=C\CCC. The molecule has 0 spiro atoms. The number of allylic oxidation sites excluding steroid dienone is 12. The number of carboxylic acids is 1. The summed E-state index contributed by atoms with van der Waals surface area (Å²) in [7, 11) is -4.62. The number of nitrogens with two attached hydrogens (primary N) is 1. The summed E-state index contributed by atoms with van der Waals surface area (Å²) in [6.07, 6.45) is 46.8. The second-order valence-electron chi connectivity index (χ2n) is 13.4. The van der Waals surface area contributed by atoms with Gasteiger partial charge in [0, 0.05) is 13.0 Å². The van der Waals surface area contributed by atoms with E-state index < -0.39 is 45.1 Å². The Morgan fingerprint density at radius 3 is 1.63 bits per heavy atom. The number of aliphatic carboxylic acids is 1. The summed E-state index contributed by atoms with van der Waals surface area (Å²) in [5, 5.41) is 8.87. The monoisotopic (exact) mass is 780 g/mol. The highest BCUT2D eigenvalue weighted by Crippen LogP contribution is 2.43. The average molecular weight is 780 g/mol. The van der Waals surface area contributed by atoms with Gasteiger partial charge in [0.1, 0.15) is 12.1 Å². The first kappa shape index (κ1) is 51.4. The number of unbranched alkanes of at least 4 members (excludes halogenated alkanes) is 12. The van der Waals surface area contributed by atoms with Crippen LogP contribution < -0.4 is 5.73 Å². The maximum atomic E-state index is 12.5. The first-order chi connectivity index (χ1) is 26.2. The summed E-state index contributed by atoms with van der Waals surface area (Å²) in [6.45, 7) is 3.63. The molecule has 0 aromatic carbocycles. The standard InChI is InChI=1S/C43H74NO9P/c1-3-5-7-9-11-13-15-16-17-18-19-20-21-22-23-24-25-26-28-30-32-34-36-50-37-40(38-51-54(48,49)52-39-41(44)43(46)47)53-42(45)35-33-31-29-27-14-12-10-8-6-4-2/h5,7-8,10-11,13,16-17,19-20,22-23,40-41H,3-4,6,9,12,14-15,18,21,24-39,44H2,1-2H3,(H,46,47)(H,48,49)/b7-5-,10-8-,13-11-,17-16-,20-19-,23-22-. The number of hydrogen-bond donors (Lipinski definition) is 3. The van der Waals surface area contributed by atoms with Gasteiger partial charge in [-0.2, -0.15) is 0 Å². The first-order valence-corrected chi connectivity index (χ1v) is 22.0. The van der Waals surface area contributed by atoms with Crippen molar-refractivity contribution >= 4 is 19.8 Å². The van der Waals surface area contributed by atoms with Gasteiger partial charge in [0.2, 0.25) is 0 Å². The molecule has 0 aliphatic rings. The smallest absolute Gasteiger partial charge is 0.472 e. The van der Waals surface area contributed by atoms with Crippen molar-refractivity contribution in [3.8, 4) is 0 Å². The maximum Gasteiger partial charge on any atom is 0.472 e. The Kier molecular flexibility index (Phi) is 36.8. The van der Waals surface area contributed by atoms with Gasteiger partial charge in [-0.15, -0.1) is 0 Å². The Morgan fingerprint density at radius 2 is 1.07 bits per heavy atom. The van der Waals surface area contributed by atoms with Crippen molar-refractivity contribution < 1.29 is 42.7 Å². The summed E-state index contributed by atoms with van der Waals surface area (Å²) in [6, 6.07) is -1.48. The van der Waals surface area contributed by atoms with Crippen LogP contribution in [0.3, 0.4) is 0 Å². The first-order valence-electron chi connectivity index (χ1n) is 20.5. The third-order valence-electron chi connectivity index (χ3n) is 8.20. The lowest BCUT2D eigenvalue weighted by Crippen LogP contribution is -2.34. The number of hydrogen-bond acceptors (Lipinski definition) is 8.